The van der Waals surface area contributed by atoms with E-state index in [0.717, 1.165) is 30.9 Å². The molecule has 5 heteroatoms. The Morgan fingerprint density at radius 1 is 1.17 bits per heavy atom. The molecule has 0 spiro atoms. The summed E-state index contributed by atoms with van der Waals surface area (Å²) in [5.74, 6) is 4.60. The maximum Gasteiger partial charge on any atom is 0.361 e. The number of methoxy groups -OCH3 is 1. The van der Waals surface area contributed by atoms with Crippen molar-refractivity contribution in [2.24, 2.45) is 17.3 Å². The summed E-state index contributed by atoms with van der Waals surface area (Å²) in [6, 6.07) is 6.66. The Kier molecular flexibility index (Phi) is 6.33. The molecule has 1 aromatic carbocycles. The van der Waals surface area contributed by atoms with Gasteiger partial charge in [-0.15, -0.1) is 5.73 Å². The fourth-order valence-corrected chi connectivity index (χ4v) is 7.62. The van der Waals surface area contributed by atoms with E-state index in [4.69, 9.17) is 13.8 Å². The third-order valence-corrected chi connectivity index (χ3v) is 9.41. The van der Waals surface area contributed by atoms with Crippen LogP contribution in [0.1, 0.15) is 69.9 Å². The minimum absolute atomic E-state index is 0.144. The zero-order valence-electron chi connectivity index (χ0n) is 18.8. The summed E-state index contributed by atoms with van der Waals surface area (Å²) in [5, 5.41) is 0. The van der Waals surface area contributed by atoms with Gasteiger partial charge in [-0.2, -0.15) is 0 Å². The number of hydrogen-bond donors (Lipinski definition) is 0. The zero-order chi connectivity index (χ0) is 21.4. The highest BCUT2D eigenvalue weighted by atomic mass is 31.2. The quantitative estimate of drug-likeness (QED) is 0.365. The monoisotopic (exact) mass is 430 g/mol. The lowest BCUT2D eigenvalue weighted by atomic mass is 9.55. The summed E-state index contributed by atoms with van der Waals surface area (Å²) in [4.78, 5) is 0. The fourth-order valence-electron chi connectivity index (χ4n) is 6.36. The topological polar surface area (TPSA) is 44.8 Å². The minimum Gasteiger partial charge on any atom is -0.497 e. The third-order valence-electron chi connectivity index (χ3n) is 7.73. The van der Waals surface area contributed by atoms with Crippen molar-refractivity contribution in [1.29, 1.82) is 0 Å². The highest BCUT2D eigenvalue weighted by molar-refractivity contribution is 7.57. The van der Waals surface area contributed by atoms with Gasteiger partial charge in [0.2, 0.25) is 0 Å². The Morgan fingerprint density at radius 3 is 2.63 bits per heavy atom. The average molecular weight is 431 g/mol. The molecule has 2 unspecified atom stereocenters. The predicted octanol–water partition coefficient (Wildman–Crippen LogP) is 6.86. The van der Waals surface area contributed by atoms with Gasteiger partial charge in [0.05, 0.1) is 26.1 Å². The van der Waals surface area contributed by atoms with Crippen LogP contribution in [-0.2, 0) is 20.0 Å². The van der Waals surface area contributed by atoms with Crippen molar-refractivity contribution >= 4 is 7.60 Å². The highest BCUT2D eigenvalue weighted by Gasteiger charge is 2.52. The van der Waals surface area contributed by atoms with Gasteiger partial charge in [0.15, 0.2) is 0 Å². The van der Waals surface area contributed by atoms with Crippen LogP contribution in [0.4, 0.5) is 0 Å². The molecule has 2 saturated carbocycles. The molecule has 1 aromatic rings. The van der Waals surface area contributed by atoms with Crippen LogP contribution in [0, 0.1) is 17.3 Å². The normalized spacial score (nSPS) is 30.1. The second-order valence-corrected chi connectivity index (χ2v) is 11.0. The number of aryl methyl sites for hydroxylation is 1. The lowest BCUT2D eigenvalue weighted by Crippen LogP contribution is -2.40. The molecular weight excluding hydrogens is 395 g/mol. The number of fused-ring (bicyclic) bond motifs is 5. The van der Waals surface area contributed by atoms with Crippen molar-refractivity contribution in [3.05, 3.63) is 46.4 Å². The average Bonchev–Trinajstić information content (AvgIpc) is 3.08. The van der Waals surface area contributed by atoms with E-state index in [1.54, 1.807) is 18.5 Å². The van der Waals surface area contributed by atoms with E-state index in [1.807, 2.05) is 13.8 Å². The Morgan fingerprint density at radius 2 is 1.93 bits per heavy atom. The van der Waals surface area contributed by atoms with Gasteiger partial charge in [-0.3, -0.25) is 4.57 Å². The molecule has 4 rings (SSSR count). The van der Waals surface area contributed by atoms with Crippen LogP contribution in [0.15, 0.2) is 35.3 Å². The molecule has 0 aliphatic heterocycles. The van der Waals surface area contributed by atoms with Crippen LogP contribution in [0.3, 0.4) is 0 Å². The zero-order valence-corrected chi connectivity index (χ0v) is 19.7. The van der Waals surface area contributed by atoms with E-state index in [2.05, 4.69) is 30.9 Å². The van der Waals surface area contributed by atoms with Crippen LogP contribution in [0.2, 0.25) is 0 Å². The van der Waals surface area contributed by atoms with Gasteiger partial charge in [0.1, 0.15) is 5.75 Å². The molecule has 0 radical (unpaired) electrons. The Bertz CT molecular complexity index is 890. The molecule has 4 nitrogen and oxygen atoms in total. The predicted molar refractivity (Wildman–Crippen MR) is 120 cm³/mol. The Balaban J connectivity index is 1.61. The van der Waals surface area contributed by atoms with E-state index < -0.39 is 7.60 Å². The number of ether oxygens (including phenoxy) is 1. The molecule has 4 atom stereocenters. The molecule has 164 valence electrons. The summed E-state index contributed by atoms with van der Waals surface area (Å²) < 4.78 is 29.2. The molecule has 30 heavy (non-hydrogen) atoms. The van der Waals surface area contributed by atoms with E-state index in [9.17, 15) is 4.57 Å². The number of allylic oxidation sites excluding steroid dienone is 1. The van der Waals surface area contributed by atoms with Crippen molar-refractivity contribution in [2.45, 2.75) is 65.2 Å². The van der Waals surface area contributed by atoms with E-state index in [1.165, 1.54) is 30.4 Å². The lowest BCUT2D eigenvalue weighted by Gasteiger charge is -2.49. The van der Waals surface area contributed by atoms with Crippen molar-refractivity contribution in [1.82, 2.24) is 0 Å². The van der Waals surface area contributed by atoms with Crippen LogP contribution in [0.5, 0.6) is 5.75 Å². The molecule has 2 fully saturated rings. The van der Waals surface area contributed by atoms with E-state index >= 15 is 0 Å². The van der Waals surface area contributed by atoms with Crippen LogP contribution in [0.25, 0.3) is 0 Å². The second kappa shape index (κ2) is 8.67. The smallest absolute Gasteiger partial charge is 0.361 e. The molecule has 0 saturated heterocycles. The summed E-state index contributed by atoms with van der Waals surface area (Å²) in [7, 11) is -1.45. The van der Waals surface area contributed by atoms with Gasteiger partial charge in [-0.25, -0.2) is 0 Å². The van der Waals surface area contributed by atoms with Crippen LogP contribution >= 0.6 is 7.60 Å². The number of rotatable bonds is 6. The van der Waals surface area contributed by atoms with Gasteiger partial charge in [0.25, 0.3) is 0 Å². The number of hydrogen-bond acceptors (Lipinski definition) is 4. The van der Waals surface area contributed by atoms with Gasteiger partial charge in [0, 0.05) is 0 Å². The summed E-state index contributed by atoms with van der Waals surface area (Å²) in [5.41, 5.74) is 7.89. The van der Waals surface area contributed by atoms with Crippen molar-refractivity contribution in [3.8, 4) is 5.75 Å². The largest absolute Gasteiger partial charge is 0.497 e. The van der Waals surface area contributed by atoms with Gasteiger partial charge >= 0.3 is 7.60 Å². The molecule has 3 aliphatic carbocycles. The summed E-state index contributed by atoms with van der Waals surface area (Å²) in [6.45, 7) is 6.85. The first kappa shape index (κ1) is 21.9. The van der Waals surface area contributed by atoms with E-state index in [0.29, 0.717) is 25.0 Å². The minimum atomic E-state index is -3.20. The van der Waals surface area contributed by atoms with Gasteiger partial charge in [-0.05, 0) is 104 Å². The van der Waals surface area contributed by atoms with Crippen molar-refractivity contribution < 1.29 is 18.3 Å². The molecular formula is C25H35O4P. The molecule has 0 heterocycles. The fraction of sp³-hybridized carbons (Fsp3) is 0.640. The van der Waals surface area contributed by atoms with Crippen LogP contribution < -0.4 is 4.74 Å². The molecule has 0 bridgehead atoms. The van der Waals surface area contributed by atoms with Crippen molar-refractivity contribution in [2.75, 3.05) is 20.3 Å². The van der Waals surface area contributed by atoms with Gasteiger partial charge in [-0.1, -0.05) is 13.0 Å². The first-order chi connectivity index (χ1) is 14.4. The Hall–Kier alpha value is -1.31. The first-order valence-corrected chi connectivity index (χ1v) is 13.1. The third kappa shape index (κ3) is 3.84. The van der Waals surface area contributed by atoms with Crippen LogP contribution in [-0.4, -0.2) is 20.3 Å². The SMILES string of the molecule is CCOP(=O)(C=C=C1CCC2[C@@H]3CCc4cc(OC)ccc4C3CC[C@]12C)OCC. The lowest BCUT2D eigenvalue weighted by molar-refractivity contribution is 0.0815. The summed E-state index contributed by atoms with van der Waals surface area (Å²) in [6.07, 6.45) is 6.99. The standard InChI is InChI=1S/C25H35O4P/c1-5-28-30(26,29-6-2)16-14-19-8-12-24-23-10-7-18-17-20(27-4)9-11-21(18)22(23)13-15-25(19,24)3/h9,11,16-17,22-24H,5-8,10,12-13,15H2,1-4H3/t14?,22?,23-,24?,25-/m1/s1. The molecule has 0 amide bonds. The second-order valence-electron chi connectivity index (χ2n) is 9.10. The molecule has 0 N–H and O–H groups in total. The highest BCUT2D eigenvalue weighted by Crippen LogP contribution is 2.63. The maximum atomic E-state index is 12.9. The number of benzene rings is 1. The van der Waals surface area contributed by atoms with E-state index in [-0.39, 0.29) is 5.41 Å². The Labute approximate surface area is 181 Å². The van der Waals surface area contributed by atoms with Gasteiger partial charge < -0.3 is 13.8 Å². The first-order valence-electron chi connectivity index (χ1n) is 11.5. The maximum absolute atomic E-state index is 12.9. The molecule has 0 aromatic heterocycles. The summed E-state index contributed by atoms with van der Waals surface area (Å²) >= 11 is 0. The molecule has 3 aliphatic rings. The van der Waals surface area contributed by atoms with Crippen molar-refractivity contribution in [3.63, 3.8) is 0 Å².